The highest BCUT2D eigenvalue weighted by atomic mass is 16.4. The van der Waals surface area contributed by atoms with Gasteiger partial charge in [-0.25, -0.2) is 0 Å². The lowest BCUT2D eigenvalue weighted by Gasteiger charge is -2.55. The normalized spacial score (nSPS) is 46.3. The molecule has 0 bridgehead atoms. The van der Waals surface area contributed by atoms with Gasteiger partial charge in [-0.2, -0.15) is 0 Å². The fraction of sp³-hybridized carbons (Fsp3) is 0.737. The van der Waals surface area contributed by atoms with Crippen molar-refractivity contribution in [2.24, 2.45) is 33.7 Å². The van der Waals surface area contributed by atoms with Crippen LogP contribution in [0.3, 0.4) is 0 Å². The molecule has 0 radical (unpaired) electrons. The van der Waals surface area contributed by atoms with Crippen LogP contribution in [0.15, 0.2) is 16.8 Å². The zero-order chi connectivity index (χ0) is 16.2. The molecule has 4 aliphatic rings. The number of ketones is 2. The van der Waals surface area contributed by atoms with Crippen molar-refractivity contribution < 1.29 is 14.8 Å². The third-order valence-electron chi connectivity index (χ3n) is 7.54. The summed E-state index contributed by atoms with van der Waals surface area (Å²) in [6.45, 7) is 2.17. The topological polar surface area (TPSA) is 66.7 Å². The molecule has 0 heterocycles. The van der Waals surface area contributed by atoms with Crippen LogP contribution in [0, 0.1) is 28.6 Å². The first-order chi connectivity index (χ1) is 11.0. The molecule has 5 atom stereocenters. The summed E-state index contributed by atoms with van der Waals surface area (Å²) in [4.78, 5) is 24.3. The van der Waals surface area contributed by atoms with E-state index in [4.69, 9.17) is 0 Å². The molecule has 0 saturated heterocycles. The molecule has 4 rings (SSSR count). The fourth-order valence-corrected chi connectivity index (χ4v) is 6.31. The zero-order valence-corrected chi connectivity index (χ0v) is 13.8. The molecule has 0 aromatic heterocycles. The average molecular weight is 315 g/mol. The third-order valence-corrected chi connectivity index (χ3v) is 7.54. The van der Waals surface area contributed by atoms with Crippen molar-refractivity contribution in [2.45, 2.75) is 58.3 Å². The van der Waals surface area contributed by atoms with Crippen LogP contribution in [0.4, 0.5) is 0 Å². The predicted molar refractivity (Wildman–Crippen MR) is 86.3 cm³/mol. The number of rotatable bonds is 1. The van der Waals surface area contributed by atoms with Crippen LogP contribution in [0.2, 0.25) is 0 Å². The average Bonchev–Trinajstić information content (AvgIpc) is 2.84. The highest BCUT2D eigenvalue weighted by Gasteiger charge is 2.59. The number of carbonyl (C=O) groups is 2. The first kappa shape index (κ1) is 15.1. The third kappa shape index (κ3) is 1.93. The molecule has 0 amide bonds. The van der Waals surface area contributed by atoms with Crippen molar-refractivity contribution >= 4 is 17.8 Å². The monoisotopic (exact) mass is 315 g/mol. The Balaban J connectivity index is 1.76. The minimum Gasteiger partial charge on any atom is -0.411 e. The van der Waals surface area contributed by atoms with Gasteiger partial charge in [-0.3, -0.25) is 9.59 Å². The summed E-state index contributed by atoms with van der Waals surface area (Å²) in [6.07, 6.45) is 10.4. The molecular formula is C19H25NO3. The Morgan fingerprint density at radius 3 is 2.83 bits per heavy atom. The van der Waals surface area contributed by atoms with E-state index in [1.807, 2.05) is 0 Å². The van der Waals surface area contributed by atoms with Crippen molar-refractivity contribution in [2.75, 3.05) is 0 Å². The van der Waals surface area contributed by atoms with Gasteiger partial charge >= 0.3 is 0 Å². The van der Waals surface area contributed by atoms with Gasteiger partial charge in [-0.05, 0) is 49.9 Å². The lowest BCUT2D eigenvalue weighted by atomic mass is 9.48. The Morgan fingerprint density at radius 2 is 2.04 bits per heavy atom. The Morgan fingerprint density at radius 1 is 1.22 bits per heavy atom. The summed E-state index contributed by atoms with van der Waals surface area (Å²) >= 11 is 0. The Kier molecular flexibility index (Phi) is 3.30. The number of carbonyl (C=O) groups excluding carboxylic acids is 2. The minimum absolute atomic E-state index is 0.144. The molecule has 4 nitrogen and oxygen atoms in total. The molecule has 0 aromatic carbocycles. The number of hydrogen-bond donors (Lipinski definition) is 1. The van der Waals surface area contributed by atoms with E-state index < -0.39 is 0 Å². The van der Waals surface area contributed by atoms with Gasteiger partial charge in [-0.15, -0.1) is 5.16 Å². The maximum Gasteiger partial charge on any atom is 0.139 e. The SMILES string of the molecule is C[C@]12CC[C@H]3[C@@H](CC=C4CC(=O)CC[C@@]43C=NO)[C@@H]1CCC2=O. The summed E-state index contributed by atoms with van der Waals surface area (Å²) in [5.41, 5.74) is 0.772. The number of hydrogen-bond acceptors (Lipinski definition) is 4. The fourth-order valence-electron chi connectivity index (χ4n) is 6.31. The molecule has 1 N–H and O–H groups in total. The lowest BCUT2D eigenvalue weighted by Crippen LogP contribution is -2.52. The second-order valence-corrected chi connectivity index (χ2v) is 8.26. The summed E-state index contributed by atoms with van der Waals surface area (Å²) < 4.78 is 0. The highest BCUT2D eigenvalue weighted by Crippen LogP contribution is 2.63. The van der Waals surface area contributed by atoms with Crippen molar-refractivity contribution in [1.82, 2.24) is 0 Å². The van der Waals surface area contributed by atoms with Gasteiger partial charge in [0.1, 0.15) is 11.6 Å². The smallest absolute Gasteiger partial charge is 0.139 e. The van der Waals surface area contributed by atoms with Gasteiger partial charge in [0.05, 0.1) is 6.21 Å². The summed E-state index contributed by atoms with van der Waals surface area (Å²) in [7, 11) is 0. The molecule has 124 valence electrons. The second-order valence-electron chi connectivity index (χ2n) is 8.26. The number of oxime groups is 1. The molecule has 4 heteroatoms. The van der Waals surface area contributed by atoms with Gasteiger partial charge in [0, 0.05) is 30.1 Å². The molecule has 0 unspecified atom stereocenters. The molecule has 3 fully saturated rings. The van der Waals surface area contributed by atoms with Gasteiger partial charge in [-0.1, -0.05) is 18.6 Å². The standard InChI is InChI=1S/C19H25NO3/c1-18-8-7-16-14(15(18)4-5-17(18)22)3-2-12-10-13(21)6-9-19(12,16)11-20-23/h2,11,14-16,23H,3-10H2,1H3/t14-,15-,16-,18-,19+/m0/s1. The summed E-state index contributed by atoms with van der Waals surface area (Å²) in [6, 6.07) is 0. The number of Topliss-reactive ketones (excluding diaryl/α,β-unsaturated/α-hetero) is 2. The van der Waals surface area contributed by atoms with Crippen molar-refractivity contribution in [1.29, 1.82) is 0 Å². The van der Waals surface area contributed by atoms with Gasteiger partial charge in [0.15, 0.2) is 0 Å². The Labute approximate surface area is 137 Å². The first-order valence-corrected chi connectivity index (χ1v) is 8.94. The van der Waals surface area contributed by atoms with Crippen LogP contribution < -0.4 is 0 Å². The highest BCUT2D eigenvalue weighted by molar-refractivity contribution is 5.88. The van der Waals surface area contributed by atoms with Crippen LogP contribution >= 0.6 is 0 Å². The summed E-state index contributed by atoms with van der Waals surface area (Å²) in [5.74, 6) is 2.09. The number of allylic oxidation sites excluding steroid dienone is 2. The van der Waals surface area contributed by atoms with E-state index >= 15 is 0 Å². The Hall–Kier alpha value is -1.45. The Bertz CT molecular complexity index is 622. The maximum atomic E-state index is 12.4. The molecular weight excluding hydrogens is 290 g/mol. The van der Waals surface area contributed by atoms with E-state index in [-0.39, 0.29) is 10.8 Å². The zero-order valence-electron chi connectivity index (χ0n) is 13.8. The van der Waals surface area contributed by atoms with Crippen LogP contribution in [0.5, 0.6) is 0 Å². The predicted octanol–water partition coefficient (Wildman–Crippen LogP) is 3.53. The van der Waals surface area contributed by atoms with Crippen molar-refractivity contribution in [3.05, 3.63) is 11.6 Å². The van der Waals surface area contributed by atoms with E-state index in [1.165, 1.54) is 5.57 Å². The van der Waals surface area contributed by atoms with E-state index in [0.717, 1.165) is 38.5 Å². The first-order valence-electron chi connectivity index (χ1n) is 8.94. The molecule has 23 heavy (non-hydrogen) atoms. The molecule has 4 aliphatic carbocycles. The molecule has 0 aliphatic heterocycles. The largest absolute Gasteiger partial charge is 0.411 e. The minimum atomic E-state index is -0.251. The molecule has 0 spiro atoms. The quantitative estimate of drug-likeness (QED) is 0.348. The van der Waals surface area contributed by atoms with Crippen LogP contribution in [-0.2, 0) is 9.59 Å². The summed E-state index contributed by atoms with van der Waals surface area (Å²) in [5, 5.41) is 12.7. The van der Waals surface area contributed by atoms with Gasteiger partial charge in [0.2, 0.25) is 0 Å². The lowest BCUT2D eigenvalue weighted by molar-refractivity contribution is -0.131. The van der Waals surface area contributed by atoms with E-state index in [0.29, 0.717) is 42.2 Å². The number of nitrogens with zero attached hydrogens (tertiary/aromatic N) is 1. The van der Waals surface area contributed by atoms with E-state index in [9.17, 15) is 14.8 Å². The molecule has 0 aromatic rings. The molecule has 3 saturated carbocycles. The van der Waals surface area contributed by atoms with Crippen molar-refractivity contribution in [3.63, 3.8) is 0 Å². The van der Waals surface area contributed by atoms with E-state index in [1.54, 1.807) is 6.21 Å². The number of fused-ring (bicyclic) bond motifs is 5. The maximum absolute atomic E-state index is 12.4. The van der Waals surface area contributed by atoms with Gasteiger partial charge in [0.25, 0.3) is 0 Å². The van der Waals surface area contributed by atoms with Crippen LogP contribution in [0.25, 0.3) is 0 Å². The van der Waals surface area contributed by atoms with Crippen LogP contribution in [-0.4, -0.2) is 23.0 Å². The van der Waals surface area contributed by atoms with Crippen LogP contribution in [0.1, 0.15) is 58.3 Å². The van der Waals surface area contributed by atoms with E-state index in [2.05, 4.69) is 18.2 Å². The van der Waals surface area contributed by atoms with Crippen molar-refractivity contribution in [3.8, 4) is 0 Å². The second kappa shape index (κ2) is 5.02. The van der Waals surface area contributed by atoms with Gasteiger partial charge < -0.3 is 5.21 Å².